The largest absolute Gasteiger partial charge is 0.378 e. The third kappa shape index (κ3) is 2.82. The molecule has 0 aliphatic heterocycles. The summed E-state index contributed by atoms with van der Waals surface area (Å²) < 4.78 is 7.47. The Hall–Kier alpha value is -2.28. The minimum absolute atomic E-state index is 0.0659. The molecule has 0 bridgehead atoms. The number of ether oxygens (including phenoxy) is 1. The molecule has 1 spiro atoms. The minimum Gasteiger partial charge on any atom is -0.378 e. The molecule has 0 unspecified atom stereocenters. The van der Waals surface area contributed by atoms with E-state index in [9.17, 15) is 4.79 Å². The lowest BCUT2D eigenvalue weighted by molar-refractivity contribution is -0.127. The molecule has 7 nitrogen and oxygen atoms in total. The molecular weight excluding hydrogens is 318 g/mol. The minimum atomic E-state index is -0.0659. The quantitative estimate of drug-likeness (QED) is 0.901. The summed E-state index contributed by atoms with van der Waals surface area (Å²) in [6, 6.07) is 3.76. The first kappa shape index (κ1) is 16.2. The monoisotopic (exact) mass is 341 g/mol. The number of amides is 1. The SMILES string of the molecule is CCO[C@@H]1C[C@@H](NC(=O)c2ccc(-n3cncn3)nc2)C12CCCC2. The highest BCUT2D eigenvalue weighted by atomic mass is 16.5. The third-order valence-corrected chi connectivity index (χ3v) is 5.66. The summed E-state index contributed by atoms with van der Waals surface area (Å²) in [6.45, 7) is 2.78. The molecule has 4 rings (SSSR count). The van der Waals surface area contributed by atoms with Crippen LogP contribution in [0.25, 0.3) is 5.82 Å². The average Bonchev–Trinajstić information content (AvgIpc) is 3.33. The van der Waals surface area contributed by atoms with Gasteiger partial charge in [0.05, 0.1) is 11.7 Å². The number of hydrogen-bond donors (Lipinski definition) is 1. The van der Waals surface area contributed by atoms with Gasteiger partial charge in [-0.1, -0.05) is 12.8 Å². The smallest absolute Gasteiger partial charge is 0.253 e. The first-order chi connectivity index (χ1) is 12.2. The Balaban J connectivity index is 1.43. The van der Waals surface area contributed by atoms with Gasteiger partial charge in [0.2, 0.25) is 0 Å². The van der Waals surface area contributed by atoms with Gasteiger partial charge < -0.3 is 10.1 Å². The van der Waals surface area contributed by atoms with Crippen LogP contribution in [0.2, 0.25) is 0 Å². The van der Waals surface area contributed by atoms with Gasteiger partial charge in [-0.15, -0.1) is 0 Å². The summed E-state index contributed by atoms with van der Waals surface area (Å²) in [5.74, 6) is 0.574. The summed E-state index contributed by atoms with van der Waals surface area (Å²) in [6.07, 6.45) is 10.6. The van der Waals surface area contributed by atoms with Crippen LogP contribution in [-0.2, 0) is 4.74 Å². The van der Waals surface area contributed by atoms with Crippen LogP contribution >= 0.6 is 0 Å². The number of hydrogen-bond acceptors (Lipinski definition) is 5. The van der Waals surface area contributed by atoms with Gasteiger partial charge in [0.15, 0.2) is 5.82 Å². The molecular formula is C18H23N5O2. The lowest BCUT2D eigenvalue weighted by atomic mass is 9.60. The van der Waals surface area contributed by atoms with Crippen LogP contribution in [-0.4, -0.2) is 44.4 Å². The molecule has 2 heterocycles. The van der Waals surface area contributed by atoms with Crippen LogP contribution < -0.4 is 5.32 Å². The molecule has 2 aliphatic rings. The third-order valence-electron chi connectivity index (χ3n) is 5.66. The van der Waals surface area contributed by atoms with E-state index in [1.165, 1.54) is 19.2 Å². The number of nitrogens with one attached hydrogen (secondary N) is 1. The van der Waals surface area contributed by atoms with Gasteiger partial charge in [0, 0.05) is 24.3 Å². The normalized spacial score (nSPS) is 24.2. The predicted molar refractivity (Wildman–Crippen MR) is 91.3 cm³/mol. The Labute approximate surface area is 146 Å². The van der Waals surface area contributed by atoms with Crippen molar-refractivity contribution in [3.63, 3.8) is 0 Å². The molecule has 2 fully saturated rings. The Morgan fingerprint density at radius 1 is 1.40 bits per heavy atom. The molecule has 1 N–H and O–H groups in total. The average molecular weight is 341 g/mol. The molecule has 2 atom stereocenters. The second kappa shape index (κ2) is 6.55. The van der Waals surface area contributed by atoms with E-state index in [1.807, 2.05) is 6.92 Å². The van der Waals surface area contributed by atoms with Crippen molar-refractivity contribution in [2.75, 3.05) is 6.61 Å². The van der Waals surface area contributed by atoms with Crippen LogP contribution in [0.3, 0.4) is 0 Å². The molecule has 1 amide bonds. The van der Waals surface area contributed by atoms with Gasteiger partial charge in [-0.25, -0.2) is 14.6 Å². The highest BCUT2D eigenvalue weighted by Crippen LogP contribution is 2.54. The fraction of sp³-hybridized carbons (Fsp3) is 0.556. The maximum Gasteiger partial charge on any atom is 0.253 e. The molecule has 132 valence electrons. The molecule has 2 saturated carbocycles. The molecule has 0 saturated heterocycles. The van der Waals surface area contributed by atoms with Gasteiger partial charge >= 0.3 is 0 Å². The number of carbonyl (C=O) groups is 1. The zero-order valence-electron chi connectivity index (χ0n) is 14.4. The first-order valence-corrected chi connectivity index (χ1v) is 8.96. The standard InChI is InChI=1S/C18H23N5O2/c1-2-25-15-9-14(18(15)7-3-4-8-18)22-17(24)13-5-6-16(20-10-13)23-12-19-11-21-23/h5-6,10-12,14-15H,2-4,7-9H2,1H3,(H,22,24)/t14-,15-/m1/s1. The summed E-state index contributed by atoms with van der Waals surface area (Å²) in [5.41, 5.74) is 0.705. The topological polar surface area (TPSA) is 81.9 Å². The van der Waals surface area contributed by atoms with Gasteiger partial charge in [-0.05, 0) is 38.3 Å². The Bertz CT molecular complexity index is 722. The Kier molecular flexibility index (Phi) is 4.25. The zero-order chi connectivity index (χ0) is 17.3. The number of nitrogens with zero attached hydrogens (tertiary/aromatic N) is 4. The van der Waals surface area contributed by atoms with E-state index in [0.717, 1.165) is 25.9 Å². The summed E-state index contributed by atoms with van der Waals surface area (Å²) in [5, 5.41) is 7.25. The van der Waals surface area contributed by atoms with Gasteiger partial charge in [-0.2, -0.15) is 5.10 Å². The number of pyridine rings is 1. The Morgan fingerprint density at radius 2 is 2.24 bits per heavy atom. The number of aromatic nitrogens is 4. The second-order valence-corrected chi connectivity index (χ2v) is 6.89. The zero-order valence-corrected chi connectivity index (χ0v) is 14.4. The van der Waals surface area contributed by atoms with E-state index in [0.29, 0.717) is 11.4 Å². The first-order valence-electron chi connectivity index (χ1n) is 8.96. The molecule has 2 aromatic heterocycles. The van der Waals surface area contributed by atoms with E-state index < -0.39 is 0 Å². The van der Waals surface area contributed by atoms with Gasteiger partial charge in [-0.3, -0.25) is 4.79 Å². The summed E-state index contributed by atoms with van der Waals surface area (Å²) in [7, 11) is 0. The predicted octanol–water partition coefficient (Wildman–Crippen LogP) is 2.13. The molecule has 0 aromatic carbocycles. The lowest BCUT2D eigenvalue weighted by Gasteiger charge is -2.54. The molecule has 7 heteroatoms. The van der Waals surface area contributed by atoms with Crippen molar-refractivity contribution in [2.24, 2.45) is 5.41 Å². The summed E-state index contributed by atoms with van der Waals surface area (Å²) >= 11 is 0. The lowest BCUT2D eigenvalue weighted by Crippen LogP contribution is -2.63. The fourth-order valence-corrected chi connectivity index (χ4v) is 4.31. The van der Waals surface area contributed by atoms with Crippen molar-refractivity contribution in [3.8, 4) is 5.82 Å². The van der Waals surface area contributed by atoms with Gasteiger partial charge in [0.1, 0.15) is 12.7 Å². The van der Waals surface area contributed by atoms with Crippen molar-refractivity contribution in [1.29, 1.82) is 0 Å². The van der Waals surface area contributed by atoms with Crippen molar-refractivity contribution >= 4 is 5.91 Å². The van der Waals surface area contributed by atoms with E-state index >= 15 is 0 Å². The molecule has 2 aromatic rings. The van der Waals surface area contributed by atoms with Crippen LogP contribution in [0.15, 0.2) is 31.0 Å². The van der Waals surface area contributed by atoms with Crippen LogP contribution in [0.4, 0.5) is 0 Å². The van der Waals surface area contributed by atoms with E-state index in [1.54, 1.807) is 29.3 Å². The van der Waals surface area contributed by atoms with E-state index in [2.05, 4.69) is 20.4 Å². The van der Waals surface area contributed by atoms with Gasteiger partial charge in [0.25, 0.3) is 5.91 Å². The van der Waals surface area contributed by atoms with E-state index in [4.69, 9.17) is 4.74 Å². The Morgan fingerprint density at radius 3 is 2.88 bits per heavy atom. The molecule has 25 heavy (non-hydrogen) atoms. The maximum atomic E-state index is 12.6. The number of rotatable bonds is 5. The second-order valence-electron chi connectivity index (χ2n) is 6.89. The number of carbonyl (C=O) groups excluding carboxylic acids is 1. The molecule has 0 radical (unpaired) electrons. The van der Waals surface area contributed by atoms with Crippen LogP contribution in [0, 0.1) is 5.41 Å². The maximum absolute atomic E-state index is 12.6. The summed E-state index contributed by atoms with van der Waals surface area (Å²) in [4.78, 5) is 20.8. The van der Waals surface area contributed by atoms with Crippen molar-refractivity contribution < 1.29 is 9.53 Å². The van der Waals surface area contributed by atoms with Crippen molar-refractivity contribution in [3.05, 3.63) is 36.5 Å². The van der Waals surface area contributed by atoms with Crippen molar-refractivity contribution in [2.45, 2.75) is 51.2 Å². The van der Waals surface area contributed by atoms with Crippen LogP contribution in [0.5, 0.6) is 0 Å². The van der Waals surface area contributed by atoms with Crippen LogP contribution in [0.1, 0.15) is 49.4 Å². The fourth-order valence-electron chi connectivity index (χ4n) is 4.31. The molecule has 2 aliphatic carbocycles. The van der Waals surface area contributed by atoms with E-state index in [-0.39, 0.29) is 23.5 Å². The highest BCUT2D eigenvalue weighted by molar-refractivity contribution is 5.94. The highest BCUT2D eigenvalue weighted by Gasteiger charge is 2.57. The van der Waals surface area contributed by atoms with Crippen molar-refractivity contribution in [1.82, 2.24) is 25.1 Å².